The van der Waals surface area contributed by atoms with E-state index in [1.807, 2.05) is 0 Å². The lowest BCUT2D eigenvalue weighted by Crippen LogP contribution is -2.29. The topological polar surface area (TPSA) is 78.0 Å². The maximum Gasteiger partial charge on any atom is 0.418 e. The van der Waals surface area contributed by atoms with Gasteiger partial charge in [-0.2, -0.15) is 26.3 Å². The van der Waals surface area contributed by atoms with Crippen molar-refractivity contribution in [2.24, 2.45) is 5.73 Å². The highest BCUT2D eigenvalue weighted by molar-refractivity contribution is 8.00. The van der Waals surface area contributed by atoms with Gasteiger partial charge in [-0.15, -0.1) is 0 Å². The smallest absolute Gasteiger partial charge is 0.369 e. The van der Waals surface area contributed by atoms with Gasteiger partial charge in [-0.3, -0.25) is 14.2 Å². The van der Waals surface area contributed by atoms with Crippen LogP contribution in [0.3, 0.4) is 0 Å². The standard InChI is InChI=1S/C20H15F6N3O2S/c1-2-15(16(27)30)32-18-28-13-6-4-3-5-11(13)17(31)29(18)14-9-10(19(21,22)23)7-8-12(14)20(24,25)26/h3-9,15H,2H2,1H3,(H2,27,30). The molecule has 2 N–H and O–H groups in total. The Morgan fingerprint density at radius 3 is 2.31 bits per heavy atom. The summed E-state index contributed by atoms with van der Waals surface area (Å²) in [5.74, 6) is -0.813. The first kappa shape index (κ1) is 23.6. The van der Waals surface area contributed by atoms with Crippen LogP contribution < -0.4 is 11.3 Å². The fourth-order valence-corrected chi connectivity index (χ4v) is 3.98. The summed E-state index contributed by atoms with van der Waals surface area (Å²) in [5.41, 5.74) is 0.527. The molecule has 0 saturated heterocycles. The molecule has 1 aromatic heterocycles. The predicted molar refractivity (Wildman–Crippen MR) is 106 cm³/mol. The highest BCUT2D eigenvalue weighted by Gasteiger charge is 2.38. The molecule has 3 rings (SSSR count). The molecule has 1 amide bonds. The maximum atomic E-state index is 13.7. The maximum absolute atomic E-state index is 13.7. The fraction of sp³-hybridized carbons (Fsp3) is 0.250. The first-order valence-electron chi connectivity index (χ1n) is 9.11. The quantitative estimate of drug-likeness (QED) is 0.327. The molecule has 1 heterocycles. The molecule has 12 heteroatoms. The number of amides is 1. The normalized spacial score (nSPS) is 13.3. The molecule has 0 bridgehead atoms. The minimum absolute atomic E-state index is 0.102. The summed E-state index contributed by atoms with van der Waals surface area (Å²) in [7, 11) is 0. The number of hydrogen-bond donors (Lipinski definition) is 1. The summed E-state index contributed by atoms with van der Waals surface area (Å²) < 4.78 is 81.4. The molecule has 170 valence electrons. The van der Waals surface area contributed by atoms with E-state index in [1.54, 1.807) is 6.92 Å². The van der Waals surface area contributed by atoms with Gasteiger partial charge in [0.2, 0.25) is 5.91 Å². The Hall–Kier alpha value is -3.02. The molecule has 0 aliphatic heterocycles. The lowest BCUT2D eigenvalue weighted by atomic mass is 10.1. The molecule has 2 aromatic carbocycles. The number of primary amides is 1. The van der Waals surface area contributed by atoms with Crippen LogP contribution in [0.15, 0.2) is 52.4 Å². The SMILES string of the molecule is CCC(Sc1nc2ccccc2c(=O)n1-c1cc(C(F)(F)F)ccc1C(F)(F)F)C(N)=O. The number of carbonyl (C=O) groups excluding carboxylic acids is 1. The largest absolute Gasteiger partial charge is 0.418 e. The summed E-state index contributed by atoms with van der Waals surface area (Å²) in [6.07, 6.45) is -9.88. The molecule has 0 saturated carbocycles. The van der Waals surface area contributed by atoms with Crippen LogP contribution in [0, 0.1) is 0 Å². The summed E-state index contributed by atoms with van der Waals surface area (Å²) in [5, 5.41) is -1.46. The number of nitrogens with zero attached hydrogens (tertiary/aromatic N) is 2. The van der Waals surface area contributed by atoms with Gasteiger partial charge >= 0.3 is 12.4 Å². The van der Waals surface area contributed by atoms with Crippen LogP contribution in [-0.4, -0.2) is 20.7 Å². The first-order valence-corrected chi connectivity index (χ1v) is 9.99. The number of nitrogens with two attached hydrogens (primary N) is 1. The Bertz CT molecular complexity index is 1240. The second-order valence-corrected chi connectivity index (χ2v) is 7.87. The zero-order chi connectivity index (χ0) is 23.8. The molecule has 1 atom stereocenters. The van der Waals surface area contributed by atoms with Gasteiger partial charge in [0.05, 0.1) is 33.0 Å². The average Bonchev–Trinajstić information content (AvgIpc) is 2.70. The molecular formula is C20H15F6N3O2S. The molecule has 0 radical (unpaired) electrons. The van der Waals surface area contributed by atoms with Crippen molar-refractivity contribution in [3.8, 4) is 5.69 Å². The number of para-hydroxylation sites is 1. The first-order chi connectivity index (χ1) is 14.8. The van der Waals surface area contributed by atoms with Crippen molar-refractivity contribution < 1.29 is 31.1 Å². The molecule has 0 aliphatic rings. The van der Waals surface area contributed by atoms with E-state index in [1.165, 1.54) is 24.3 Å². The van der Waals surface area contributed by atoms with Crippen molar-refractivity contribution in [2.45, 2.75) is 36.1 Å². The van der Waals surface area contributed by atoms with Crippen molar-refractivity contribution >= 4 is 28.6 Å². The number of thioether (sulfide) groups is 1. The van der Waals surface area contributed by atoms with E-state index >= 15 is 0 Å². The van der Waals surface area contributed by atoms with Crippen molar-refractivity contribution in [1.82, 2.24) is 9.55 Å². The zero-order valence-corrected chi connectivity index (χ0v) is 17.1. The van der Waals surface area contributed by atoms with Crippen LogP contribution in [0.4, 0.5) is 26.3 Å². The third-order valence-electron chi connectivity index (χ3n) is 4.55. The molecule has 1 unspecified atom stereocenters. The van der Waals surface area contributed by atoms with Crippen LogP contribution in [0.25, 0.3) is 16.6 Å². The van der Waals surface area contributed by atoms with Gasteiger partial charge in [-0.25, -0.2) is 4.98 Å². The van der Waals surface area contributed by atoms with Crippen LogP contribution in [0.5, 0.6) is 0 Å². The molecular weight excluding hydrogens is 460 g/mol. The van der Waals surface area contributed by atoms with E-state index in [2.05, 4.69) is 4.98 Å². The van der Waals surface area contributed by atoms with Gasteiger partial charge in [-0.05, 0) is 36.8 Å². The predicted octanol–water partition coefficient (Wildman–Crippen LogP) is 4.78. The Labute approximate surface area is 181 Å². The highest BCUT2D eigenvalue weighted by Crippen LogP contribution is 2.39. The summed E-state index contributed by atoms with van der Waals surface area (Å²) in [6, 6.07) is 6.49. The Kier molecular flexibility index (Phi) is 6.27. The van der Waals surface area contributed by atoms with Crippen LogP contribution in [-0.2, 0) is 17.1 Å². The number of benzene rings is 2. The third kappa shape index (κ3) is 4.59. The van der Waals surface area contributed by atoms with E-state index < -0.39 is 45.9 Å². The minimum Gasteiger partial charge on any atom is -0.369 e. The van der Waals surface area contributed by atoms with Crippen LogP contribution in [0.1, 0.15) is 24.5 Å². The number of hydrogen-bond acceptors (Lipinski definition) is 4. The van der Waals surface area contributed by atoms with Gasteiger partial charge < -0.3 is 5.73 Å². The van der Waals surface area contributed by atoms with Gasteiger partial charge in [0.15, 0.2) is 5.16 Å². The Morgan fingerprint density at radius 2 is 1.75 bits per heavy atom. The molecule has 0 spiro atoms. The highest BCUT2D eigenvalue weighted by atomic mass is 32.2. The van der Waals surface area contributed by atoms with Gasteiger partial charge in [0.1, 0.15) is 0 Å². The summed E-state index contributed by atoms with van der Waals surface area (Å²) in [4.78, 5) is 29.0. The van der Waals surface area contributed by atoms with Gasteiger partial charge in [-0.1, -0.05) is 30.8 Å². The number of aromatic nitrogens is 2. The van der Waals surface area contributed by atoms with Crippen LogP contribution in [0.2, 0.25) is 0 Å². The van der Waals surface area contributed by atoms with Crippen molar-refractivity contribution in [1.29, 1.82) is 0 Å². The van der Waals surface area contributed by atoms with E-state index in [0.717, 1.165) is 0 Å². The lowest BCUT2D eigenvalue weighted by molar-refractivity contribution is -0.141. The van der Waals surface area contributed by atoms with Crippen molar-refractivity contribution in [2.75, 3.05) is 0 Å². The van der Waals surface area contributed by atoms with Crippen molar-refractivity contribution in [3.05, 3.63) is 63.9 Å². The number of alkyl halides is 6. The zero-order valence-electron chi connectivity index (χ0n) is 16.3. The monoisotopic (exact) mass is 475 g/mol. The molecule has 0 aliphatic carbocycles. The van der Waals surface area contributed by atoms with Gasteiger partial charge in [0, 0.05) is 0 Å². The van der Waals surface area contributed by atoms with E-state index in [9.17, 15) is 35.9 Å². The molecule has 5 nitrogen and oxygen atoms in total. The second-order valence-electron chi connectivity index (χ2n) is 6.70. The third-order valence-corrected chi connectivity index (χ3v) is 5.89. The summed E-state index contributed by atoms with van der Waals surface area (Å²) >= 11 is 0.609. The lowest BCUT2D eigenvalue weighted by Gasteiger charge is -2.20. The number of halogens is 6. The van der Waals surface area contributed by atoms with Gasteiger partial charge in [0.25, 0.3) is 5.56 Å². The molecule has 32 heavy (non-hydrogen) atoms. The molecule has 0 fully saturated rings. The molecule has 3 aromatic rings. The van der Waals surface area contributed by atoms with Crippen molar-refractivity contribution in [3.63, 3.8) is 0 Å². The fourth-order valence-electron chi connectivity index (χ4n) is 3.01. The van der Waals surface area contributed by atoms with E-state index in [4.69, 9.17) is 5.73 Å². The summed E-state index contributed by atoms with van der Waals surface area (Å²) in [6.45, 7) is 1.58. The Balaban J connectivity index is 2.44. The average molecular weight is 475 g/mol. The number of rotatable bonds is 5. The van der Waals surface area contributed by atoms with E-state index in [0.29, 0.717) is 16.3 Å². The Morgan fingerprint density at radius 1 is 1.09 bits per heavy atom. The minimum atomic E-state index is -5.07. The number of fused-ring (bicyclic) bond motifs is 1. The number of carbonyl (C=O) groups is 1. The second kappa shape index (κ2) is 8.49. The van der Waals surface area contributed by atoms with E-state index in [-0.39, 0.29) is 40.7 Å². The van der Waals surface area contributed by atoms with Crippen LogP contribution >= 0.6 is 11.8 Å².